The molecule has 104 valence electrons. The highest BCUT2D eigenvalue weighted by Gasteiger charge is 2.10. The van der Waals surface area contributed by atoms with E-state index in [2.05, 4.69) is 20.9 Å². The average Bonchev–Trinajstić information content (AvgIpc) is 2.35. The van der Waals surface area contributed by atoms with E-state index in [1.165, 1.54) is 12.1 Å². The molecule has 1 heterocycles. The fourth-order valence-corrected chi connectivity index (χ4v) is 2.16. The van der Waals surface area contributed by atoms with E-state index in [-0.39, 0.29) is 16.6 Å². The molecule has 0 aliphatic rings. The summed E-state index contributed by atoms with van der Waals surface area (Å²) in [6, 6.07) is 6.27. The maximum Gasteiger partial charge on any atom is 0.335 e. The molecule has 1 N–H and O–H groups in total. The van der Waals surface area contributed by atoms with Gasteiger partial charge in [0.2, 0.25) is 5.88 Å². The fourth-order valence-electron chi connectivity index (χ4n) is 1.73. The third-order valence-corrected chi connectivity index (χ3v) is 4.09. The van der Waals surface area contributed by atoms with Crippen molar-refractivity contribution >= 4 is 33.5 Å². The number of aromatic nitrogens is 1. The monoisotopic (exact) mass is 355 g/mol. The Labute approximate surface area is 129 Å². The predicted molar refractivity (Wildman–Crippen MR) is 79.9 cm³/mol. The van der Waals surface area contributed by atoms with Gasteiger partial charge < -0.3 is 9.84 Å². The quantitative estimate of drug-likeness (QED) is 0.816. The van der Waals surface area contributed by atoms with E-state index in [1.807, 2.05) is 26.0 Å². The number of rotatable bonds is 3. The Morgan fingerprint density at radius 2 is 1.85 bits per heavy atom. The minimum Gasteiger partial charge on any atom is -0.478 e. The van der Waals surface area contributed by atoms with E-state index >= 15 is 0 Å². The van der Waals surface area contributed by atoms with E-state index in [4.69, 9.17) is 21.4 Å². The highest BCUT2D eigenvalue weighted by molar-refractivity contribution is 9.10. The van der Waals surface area contributed by atoms with Crippen LogP contribution in [0.1, 0.15) is 21.5 Å². The van der Waals surface area contributed by atoms with Crippen LogP contribution in [-0.2, 0) is 0 Å². The van der Waals surface area contributed by atoms with Crippen LogP contribution in [0.2, 0.25) is 5.15 Å². The lowest BCUT2D eigenvalue weighted by atomic mass is 10.1. The zero-order valence-corrected chi connectivity index (χ0v) is 13.1. The summed E-state index contributed by atoms with van der Waals surface area (Å²) in [5.41, 5.74) is 2.06. The first-order valence-corrected chi connectivity index (χ1v) is 6.89. The van der Waals surface area contributed by atoms with Crippen LogP contribution in [0, 0.1) is 13.8 Å². The van der Waals surface area contributed by atoms with Gasteiger partial charge in [-0.3, -0.25) is 0 Å². The van der Waals surface area contributed by atoms with Gasteiger partial charge in [-0.1, -0.05) is 27.5 Å². The molecule has 0 bridgehead atoms. The lowest BCUT2D eigenvalue weighted by Crippen LogP contribution is -1.99. The highest BCUT2D eigenvalue weighted by Crippen LogP contribution is 2.29. The van der Waals surface area contributed by atoms with E-state index in [1.54, 1.807) is 0 Å². The molecule has 20 heavy (non-hydrogen) atoms. The Hall–Kier alpha value is -1.59. The second kappa shape index (κ2) is 5.81. The molecule has 0 atom stereocenters. The van der Waals surface area contributed by atoms with Crippen molar-refractivity contribution in [1.82, 2.24) is 4.98 Å². The van der Waals surface area contributed by atoms with E-state index < -0.39 is 5.97 Å². The number of carbonyl (C=O) groups is 1. The smallest absolute Gasteiger partial charge is 0.335 e. The van der Waals surface area contributed by atoms with Crippen LogP contribution < -0.4 is 4.74 Å². The second-order valence-corrected chi connectivity index (χ2v) is 5.48. The minimum atomic E-state index is -1.08. The molecule has 2 aromatic rings. The first-order valence-electron chi connectivity index (χ1n) is 5.72. The number of ether oxygens (including phenoxy) is 1. The molecule has 6 heteroatoms. The van der Waals surface area contributed by atoms with Gasteiger partial charge in [-0.05, 0) is 43.2 Å². The van der Waals surface area contributed by atoms with E-state index in [0.29, 0.717) is 5.75 Å². The number of carboxylic acid groups (broad SMARTS) is 1. The Kier molecular flexibility index (Phi) is 4.30. The zero-order chi connectivity index (χ0) is 14.9. The Morgan fingerprint density at radius 1 is 1.25 bits per heavy atom. The summed E-state index contributed by atoms with van der Waals surface area (Å²) in [6.07, 6.45) is 0. The van der Waals surface area contributed by atoms with Crippen LogP contribution in [0.5, 0.6) is 11.6 Å². The number of hydrogen-bond donors (Lipinski definition) is 1. The van der Waals surface area contributed by atoms with Gasteiger partial charge in [0.15, 0.2) is 0 Å². The Morgan fingerprint density at radius 3 is 2.40 bits per heavy atom. The van der Waals surface area contributed by atoms with Crippen LogP contribution in [0.3, 0.4) is 0 Å². The van der Waals surface area contributed by atoms with E-state index in [0.717, 1.165) is 15.6 Å². The fraction of sp³-hybridized carbons (Fsp3) is 0.143. The highest BCUT2D eigenvalue weighted by atomic mass is 79.9. The third-order valence-electron chi connectivity index (χ3n) is 2.65. The molecule has 1 aromatic carbocycles. The topological polar surface area (TPSA) is 59.4 Å². The molecular formula is C14H11BrClNO3. The number of carboxylic acids is 1. The molecule has 4 nitrogen and oxygen atoms in total. The molecule has 0 unspecified atom stereocenters. The van der Waals surface area contributed by atoms with Crippen molar-refractivity contribution in [3.63, 3.8) is 0 Å². The number of hydrogen-bond acceptors (Lipinski definition) is 3. The number of aryl methyl sites for hydroxylation is 2. The minimum absolute atomic E-state index is 0.0329. The Bertz CT molecular complexity index is 665. The summed E-state index contributed by atoms with van der Waals surface area (Å²) in [5, 5.41) is 9.05. The van der Waals surface area contributed by atoms with Gasteiger partial charge in [-0.25, -0.2) is 9.78 Å². The first kappa shape index (κ1) is 14.8. The maximum absolute atomic E-state index is 11.0. The summed E-state index contributed by atoms with van der Waals surface area (Å²) in [5.74, 6) is -0.354. The summed E-state index contributed by atoms with van der Waals surface area (Å²) >= 11 is 9.26. The largest absolute Gasteiger partial charge is 0.478 e. The van der Waals surface area contributed by atoms with Gasteiger partial charge >= 0.3 is 5.97 Å². The van der Waals surface area contributed by atoms with Gasteiger partial charge in [0, 0.05) is 10.5 Å². The van der Waals surface area contributed by atoms with Crippen molar-refractivity contribution < 1.29 is 14.6 Å². The lowest BCUT2D eigenvalue weighted by Gasteiger charge is -2.10. The molecule has 0 saturated carbocycles. The standard InChI is InChI=1S/C14H11BrClNO3/c1-7-3-10(4-8(2)13(7)15)20-12-6-9(14(18)19)5-11(16)17-12/h3-6H,1-2H3,(H,18,19). The average molecular weight is 357 g/mol. The molecule has 0 aliphatic heterocycles. The lowest BCUT2D eigenvalue weighted by molar-refractivity contribution is 0.0696. The number of aromatic carboxylic acids is 1. The number of benzene rings is 1. The molecule has 0 amide bonds. The SMILES string of the molecule is Cc1cc(Oc2cc(C(=O)O)cc(Cl)n2)cc(C)c1Br. The zero-order valence-electron chi connectivity index (χ0n) is 10.8. The van der Waals surface area contributed by atoms with Crippen LogP contribution in [0.15, 0.2) is 28.7 Å². The van der Waals surface area contributed by atoms with Crippen LogP contribution in [-0.4, -0.2) is 16.1 Å². The maximum atomic E-state index is 11.0. The van der Waals surface area contributed by atoms with Gasteiger partial charge in [-0.15, -0.1) is 0 Å². The normalized spacial score (nSPS) is 10.4. The number of pyridine rings is 1. The molecule has 2 rings (SSSR count). The summed E-state index contributed by atoms with van der Waals surface area (Å²) < 4.78 is 6.60. The van der Waals surface area contributed by atoms with Crippen LogP contribution in [0.4, 0.5) is 0 Å². The molecule has 0 fully saturated rings. The number of nitrogens with zero attached hydrogens (tertiary/aromatic N) is 1. The number of halogens is 2. The second-order valence-electron chi connectivity index (χ2n) is 4.30. The van der Waals surface area contributed by atoms with Gasteiger partial charge in [0.05, 0.1) is 5.56 Å². The molecule has 1 aromatic heterocycles. The van der Waals surface area contributed by atoms with Gasteiger partial charge in [-0.2, -0.15) is 0 Å². The summed E-state index contributed by atoms with van der Waals surface area (Å²) in [6.45, 7) is 3.88. The van der Waals surface area contributed by atoms with Crippen molar-refractivity contribution in [1.29, 1.82) is 0 Å². The van der Waals surface area contributed by atoms with Crippen molar-refractivity contribution in [2.75, 3.05) is 0 Å². The molecule has 0 saturated heterocycles. The molecule has 0 spiro atoms. The summed E-state index contributed by atoms with van der Waals surface area (Å²) in [7, 11) is 0. The first-order chi connectivity index (χ1) is 9.36. The summed E-state index contributed by atoms with van der Waals surface area (Å²) in [4.78, 5) is 14.9. The third kappa shape index (κ3) is 3.29. The Balaban J connectivity index is 2.37. The van der Waals surface area contributed by atoms with Crippen molar-refractivity contribution in [2.24, 2.45) is 0 Å². The van der Waals surface area contributed by atoms with Gasteiger partial charge in [0.1, 0.15) is 10.9 Å². The van der Waals surface area contributed by atoms with Crippen LogP contribution >= 0.6 is 27.5 Å². The van der Waals surface area contributed by atoms with Gasteiger partial charge in [0.25, 0.3) is 0 Å². The van der Waals surface area contributed by atoms with Crippen molar-refractivity contribution in [3.8, 4) is 11.6 Å². The van der Waals surface area contributed by atoms with Crippen molar-refractivity contribution in [2.45, 2.75) is 13.8 Å². The molecular weight excluding hydrogens is 346 g/mol. The van der Waals surface area contributed by atoms with Crippen LogP contribution in [0.25, 0.3) is 0 Å². The molecule has 0 radical (unpaired) electrons. The predicted octanol–water partition coefficient (Wildman–Crippen LogP) is 4.60. The van der Waals surface area contributed by atoms with E-state index in [9.17, 15) is 4.79 Å². The molecule has 0 aliphatic carbocycles. The van der Waals surface area contributed by atoms with Crippen molar-refractivity contribution in [3.05, 3.63) is 50.6 Å².